The smallest absolute Gasteiger partial charge is 0.284 e. The molecule has 0 heterocycles. The molecule has 0 fully saturated rings. The third kappa shape index (κ3) is 3.23. The Kier molecular flexibility index (Phi) is 4.21. The number of carbonyl (C=O) groups is 1. The number of hydrogen-bond acceptors (Lipinski definition) is 1. The van der Waals surface area contributed by atoms with E-state index in [1.54, 1.807) is 6.07 Å². The van der Waals surface area contributed by atoms with Gasteiger partial charge in [0, 0.05) is 5.56 Å². The van der Waals surface area contributed by atoms with Gasteiger partial charge in [-0.25, -0.2) is 0 Å². The average molecular weight is 326 g/mol. The van der Waals surface area contributed by atoms with Gasteiger partial charge in [0.1, 0.15) is 0 Å². The van der Waals surface area contributed by atoms with Gasteiger partial charge in [0.05, 0.1) is 0 Å². The van der Waals surface area contributed by atoms with Crippen LogP contribution in [-0.4, -0.2) is 12.0 Å². The zero-order valence-electron chi connectivity index (χ0n) is 12.5. The normalized spacial score (nSPS) is 11.3. The van der Waals surface area contributed by atoms with Crippen LogP contribution < -0.4 is 0 Å². The fraction of sp³-hybridized carbons (Fsp3) is 0.0500. The summed E-state index contributed by atoms with van der Waals surface area (Å²) in [5.41, 5.74) is 2.65. The van der Waals surface area contributed by atoms with Gasteiger partial charge in [0.15, 0.2) is 0 Å². The highest BCUT2D eigenvalue weighted by Gasteiger charge is 2.39. The molecule has 24 heavy (non-hydrogen) atoms. The summed E-state index contributed by atoms with van der Waals surface area (Å²) in [4.78, 5) is 11.6. The van der Waals surface area contributed by atoms with Gasteiger partial charge in [-0.15, -0.1) is 0 Å². The van der Waals surface area contributed by atoms with Gasteiger partial charge < -0.3 is 0 Å². The molecule has 0 amide bonds. The van der Waals surface area contributed by atoms with Crippen molar-refractivity contribution in [3.05, 3.63) is 84.4 Å². The van der Waals surface area contributed by atoms with E-state index in [-0.39, 0.29) is 5.56 Å². The molecule has 0 saturated heterocycles. The van der Waals surface area contributed by atoms with Crippen molar-refractivity contribution < 1.29 is 18.0 Å². The summed E-state index contributed by atoms with van der Waals surface area (Å²) in [5, 5.41) is 0. The lowest BCUT2D eigenvalue weighted by Crippen LogP contribution is -2.22. The predicted molar refractivity (Wildman–Crippen MR) is 87.7 cm³/mol. The van der Waals surface area contributed by atoms with E-state index in [1.807, 2.05) is 60.7 Å². The molecule has 3 aromatic rings. The number of Topliss-reactive ketones (excluding diaryl/α,β-unsaturated/α-hetero) is 1. The van der Waals surface area contributed by atoms with Crippen molar-refractivity contribution in [2.45, 2.75) is 6.18 Å². The van der Waals surface area contributed by atoms with Crippen LogP contribution in [-0.2, 0) is 0 Å². The number of benzene rings is 3. The minimum Gasteiger partial charge on any atom is -0.284 e. The molecule has 0 aromatic heterocycles. The summed E-state index contributed by atoms with van der Waals surface area (Å²) < 4.78 is 38.2. The van der Waals surface area contributed by atoms with E-state index >= 15 is 0 Å². The summed E-state index contributed by atoms with van der Waals surface area (Å²) in [6.45, 7) is 0. The molecule has 0 bridgehead atoms. The molecule has 3 rings (SSSR count). The van der Waals surface area contributed by atoms with Crippen LogP contribution in [0, 0.1) is 0 Å². The van der Waals surface area contributed by atoms with Crippen molar-refractivity contribution in [2.75, 3.05) is 0 Å². The van der Waals surface area contributed by atoms with Gasteiger partial charge in [0.2, 0.25) is 0 Å². The first-order valence-electron chi connectivity index (χ1n) is 7.33. The van der Waals surface area contributed by atoms with Gasteiger partial charge >= 0.3 is 6.18 Å². The fourth-order valence-corrected chi connectivity index (χ4v) is 2.58. The Hall–Kier alpha value is -2.88. The molecule has 0 aliphatic heterocycles. The number of hydrogen-bond donors (Lipinski definition) is 0. The van der Waals surface area contributed by atoms with Gasteiger partial charge in [-0.3, -0.25) is 4.79 Å². The molecule has 0 aliphatic carbocycles. The van der Waals surface area contributed by atoms with Crippen molar-refractivity contribution in [1.82, 2.24) is 0 Å². The maximum absolute atomic E-state index is 12.7. The van der Waals surface area contributed by atoms with Crippen LogP contribution >= 0.6 is 0 Å². The Morgan fingerprint density at radius 2 is 1.17 bits per heavy atom. The quantitative estimate of drug-likeness (QED) is 0.559. The van der Waals surface area contributed by atoms with E-state index in [0.717, 1.165) is 16.7 Å². The van der Waals surface area contributed by atoms with Crippen LogP contribution in [0.25, 0.3) is 22.3 Å². The summed E-state index contributed by atoms with van der Waals surface area (Å²) in [5.74, 6) is -1.83. The lowest BCUT2D eigenvalue weighted by atomic mass is 9.92. The van der Waals surface area contributed by atoms with E-state index in [2.05, 4.69) is 0 Å². The molecular formula is C20H13F3O. The second-order valence-electron chi connectivity index (χ2n) is 5.32. The fourth-order valence-electron chi connectivity index (χ4n) is 2.58. The van der Waals surface area contributed by atoms with Crippen molar-refractivity contribution >= 4 is 5.78 Å². The van der Waals surface area contributed by atoms with Crippen molar-refractivity contribution in [3.8, 4) is 22.3 Å². The van der Waals surface area contributed by atoms with Crippen molar-refractivity contribution in [3.63, 3.8) is 0 Å². The number of rotatable bonds is 3. The molecular weight excluding hydrogens is 313 g/mol. The number of halogens is 3. The molecule has 3 aromatic carbocycles. The third-order valence-electron chi connectivity index (χ3n) is 3.71. The van der Waals surface area contributed by atoms with Crippen LogP contribution in [0.3, 0.4) is 0 Å². The monoisotopic (exact) mass is 326 g/mol. The lowest BCUT2D eigenvalue weighted by Gasteiger charge is -2.13. The number of ketones is 1. The standard InChI is InChI=1S/C20H13F3O/c21-20(22,23)19(24)16-11-12-17(14-7-3-1-4-8-14)18(13-16)15-9-5-2-6-10-15/h1-13H. The van der Waals surface area contributed by atoms with Crippen LogP contribution in [0.5, 0.6) is 0 Å². The Labute approximate surface area is 137 Å². The molecule has 0 unspecified atom stereocenters. The highest BCUT2D eigenvalue weighted by Crippen LogP contribution is 2.34. The zero-order valence-corrected chi connectivity index (χ0v) is 12.5. The molecule has 0 saturated carbocycles. The minimum absolute atomic E-state index is 0.360. The summed E-state index contributed by atoms with van der Waals surface area (Å²) in [7, 11) is 0. The molecule has 0 spiro atoms. The molecule has 0 atom stereocenters. The van der Waals surface area contributed by atoms with Crippen LogP contribution in [0.4, 0.5) is 13.2 Å². The SMILES string of the molecule is O=C(c1ccc(-c2ccccc2)c(-c2ccccc2)c1)C(F)(F)F. The molecule has 4 heteroatoms. The Morgan fingerprint density at radius 3 is 1.67 bits per heavy atom. The Bertz CT molecular complexity index is 853. The third-order valence-corrected chi connectivity index (χ3v) is 3.71. The molecule has 0 aliphatic rings. The van der Waals surface area contributed by atoms with E-state index in [4.69, 9.17) is 0 Å². The molecule has 1 nitrogen and oxygen atoms in total. The van der Waals surface area contributed by atoms with E-state index < -0.39 is 12.0 Å². The van der Waals surface area contributed by atoms with Gasteiger partial charge in [-0.05, 0) is 28.3 Å². The Balaban J connectivity index is 2.19. The van der Waals surface area contributed by atoms with Crippen LogP contribution in [0.2, 0.25) is 0 Å². The van der Waals surface area contributed by atoms with Crippen molar-refractivity contribution in [2.24, 2.45) is 0 Å². The Morgan fingerprint density at radius 1 is 0.667 bits per heavy atom. The second-order valence-corrected chi connectivity index (χ2v) is 5.32. The van der Waals surface area contributed by atoms with Crippen LogP contribution in [0.1, 0.15) is 10.4 Å². The largest absolute Gasteiger partial charge is 0.454 e. The summed E-state index contributed by atoms with van der Waals surface area (Å²) in [6.07, 6.45) is -4.89. The summed E-state index contributed by atoms with van der Waals surface area (Å²) in [6, 6.07) is 22.5. The highest BCUT2D eigenvalue weighted by molar-refractivity contribution is 6.02. The lowest BCUT2D eigenvalue weighted by molar-refractivity contribution is -0.0885. The maximum Gasteiger partial charge on any atom is 0.454 e. The zero-order chi connectivity index (χ0) is 17.2. The van der Waals surface area contributed by atoms with Gasteiger partial charge in [-0.1, -0.05) is 72.8 Å². The molecule has 0 N–H and O–H groups in total. The first kappa shape index (κ1) is 16.0. The molecule has 0 radical (unpaired) electrons. The minimum atomic E-state index is -4.89. The maximum atomic E-state index is 12.7. The first-order chi connectivity index (χ1) is 11.5. The average Bonchev–Trinajstić information content (AvgIpc) is 2.61. The van der Waals surface area contributed by atoms with Crippen molar-refractivity contribution in [1.29, 1.82) is 0 Å². The second kappa shape index (κ2) is 6.32. The molecule has 120 valence electrons. The van der Waals surface area contributed by atoms with E-state index in [1.165, 1.54) is 12.1 Å². The number of carbonyl (C=O) groups excluding carboxylic acids is 1. The first-order valence-corrected chi connectivity index (χ1v) is 7.33. The predicted octanol–water partition coefficient (Wildman–Crippen LogP) is 5.77. The highest BCUT2D eigenvalue weighted by atomic mass is 19.4. The van der Waals surface area contributed by atoms with E-state index in [9.17, 15) is 18.0 Å². The van der Waals surface area contributed by atoms with Gasteiger partial charge in [-0.2, -0.15) is 13.2 Å². The van der Waals surface area contributed by atoms with Crippen LogP contribution in [0.15, 0.2) is 78.9 Å². The summed E-state index contributed by atoms with van der Waals surface area (Å²) >= 11 is 0. The van der Waals surface area contributed by atoms with E-state index in [0.29, 0.717) is 5.56 Å². The number of alkyl halides is 3. The topological polar surface area (TPSA) is 17.1 Å². The van der Waals surface area contributed by atoms with Gasteiger partial charge in [0.25, 0.3) is 5.78 Å².